The van der Waals surface area contributed by atoms with E-state index >= 15 is 0 Å². The van der Waals surface area contributed by atoms with Crippen LogP contribution in [0.4, 0.5) is 5.69 Å². The Balaban J connectivity index is 2.31. The molecule has 0 aliphatic rings. The number of anilines is 1. The number of carbonyl (C=O) groups excluding carboxylic acids is 1. The molecule has 2 aromatic rings. The Bertz CT molecular complexity index is 948. The number of amides is 1. The summed E-state index contributed by atoms with van der Waals surface area (Å²) in [5.74, 6) is 0.597. The highest BCUT2D eigenvalue weighted by atomic mass is 35.5. The van der Waals surface area contributed by atoms with Gasteiger partial charge in [0.05, 0.1) is 26.2 Å². The summed E-state index contributed by atoms with van der Waals surface area (Å²) >= 11 is 6.07. The van der Waals surface area contributed by atoms with Gasteiger partial charge in [0, 0.05) is 11.6 Å². The first-order chi connectivity index (χ1) is 13.7. The molecule has 1 atom stereocenters. The molecule has 9 heteroatoms. The van der Waals surface area contributed by atoms with E-state index in [0.717, 1.165) is 16.1 Å². The van der Waals surface area contributed by atoms with E-state index in [1.807, 2.05) is 12.1 Å². The quantitative estimate of drug-likeness (QED) is 0.647. The number of ether oxygens (including phenoxy) is 2. The van der Waals surface area contributed by atoms with Crippen LogP contribution in [0, 0.1) is 0 Å². The second-order valence-electron chi connectivity index (χ2n) is 6.36. The van der Waals surface area contributed by atoms with Crippen LogP contribution in [0.1, 0.15) is 18.9 Å². The molecule has 0 aromatic heterocycles. The van der Waals surface area contributed by atoms with Gasteiger partial charge in [-0.25, -0.2) is 8.42 Å². The monoisotopic (exact) mass is 440 g/mol. The van der Waals surface area contributed by atoms with Crippen molar-refractivity contribution in [2.45, 2.75) is 25.9 Å². The van der Waals surface area contributed by atoms with Crippen LogP contribution in [-0.2, 0) is 21.4 Å². The number of nitrogens with one attached hydrogen (secondary N) is 1. The van der Waals surface area contributed by atoms with Gasteiger partial charge in [-0.1, -0.05) is 30.7 Å². The van der Waals surface area contributed by atoms with Crippen LogP contribution in [0.25, 0.3) is 0 Å². The van der Waals surface area contributed by atoms with Gasteiger partial charge >= 0.3 is 0 Å². The SMILES string of the molecule is CC[C@@H](C(=O)NCc1ccc(OC)cc1)N(c1cc(Cl)ccc1OC)S(C)(=O)=O. The maximum Gasteiger partial charge on any atom is 0.244 e. The van der Waals surface area contributed by atoms with Gasteiger partial charge in [0.15, 0.2) is 0 Å². The largest absolute Gasteiger partial charge is 0.497 e. The Kier molecular flexibility index (Phi) is 7.75. The number of benzene rings is 2. The highest BCUT2D eigenvalue weighted by molar-refractivity contribution is 7.92. The van der Waals surface area contributed by atoms with Gasteiger partial charge in [0.1, 0.15) is 17.5 Å². The Morgan fingerprint density at radius 1 is 1.14 bits per heavy atom. The maximum atomic E-state index is 12.9. The number of nitrogens with zero attached hydrogens (tertiary/aromatic N) is 1. The second-order valence-corrected chi connectivity index (χ2v) is 8.66. The van der Waals surface area contributed by atoms with Crippen LogP contribution in [0.15, 0.2) is 42.5 Å². The van der Waals surface area contributed by atoms with E-state index in [9.17, 15) is 13.2 Å². The normalized spacial score (nSPS) is 12.2. The average molecular weight is 441 g/mol. The number of sulfonamides is 1. The fraction of sp³-hybridized carbons (Fsp3) is 0.350. The van der Waals surface area contributed by atoms with Crippen LogP contribution >= 0.6 is 11.6 Å². The zero-order valence-corrected chi connectivity index (χ0v) is 18.4. The molecule has 0 aliphatic heterocycles. The number of hydrogen-bond acceptors (Lipinski definition) is 5. The molecule has 1 N–H and O–H groups in total. The van der Waals surface area contributed by atoms with Gasteiger partial charge < -0.3 is 14.8 Å². The standard InChI is InChI=1S/C20H25ClN2O5S/c1-5-17(20(24)22-13-14-6-9-16(27-2)10-7-14)23(29(4,25)26)18-12-15(21)8-11-19(18)28-3/h6-12,17H,5,13H2,1-4H3,(H,22,24)/t17-/m0/s1. The summed E-state index contributed by atoms with van der Waals surface area (Å²) in [5, 5.41) is 3.14. The summed E-state index contributed by atoms with van der Waals surface area (Å²) in [4.78, 5) is 12.9. The average Bonchev–Trinajstić information content (AvgIpc) is 2.69. The van der Waals surface area contributed by atoms with E-state index in [1.54, 1.807) is 38.3 Å². The van der Waals surface area contributed by atoms with Crippen molar-refractivity contribution in [1.82, 2.24) is 5.32 Å². The van der Waals surface area contributed by atoms with E-state index < -0.39 is 22.0 Å². The molecule has 2 rings (SSSR count). The Hall–Kier alpha value is -2.45. The third-order valence-corrected chi connectivity index (χ3v) is 5.73. The van der Waals surface area contributed by atoms with Crippen molar-refractivity contribution < 1.29 is 22.7 Å². The highest BCUT2D eigenvalue weighted by Crippen LogP contribution is 2.34. The molecule has 0 fully saturated rings. The molecule has 0 bridgehead atoms. The molecule has 29 heavy (non-hydrogen) atoms. The number of hydrogen-bond donors (Lipinski definition) is 1. The number of rotatable bonds is 9. The maximum absolute atomic E-state index is 12.9. The van der Waals surface area contributed by atoms with E-state index in [1.165, 1.54) is 13.2 Å². The van der Waals surface area contributed by atoms with Gasteiger partial charge in [-0.05, 0) is 42.3 Å². The van der Waals surface area contributed by atoms with Crippen molar-refractivity contribution in [3.8, 4) is 11.5 Å². The molecule has 0 heterocycles. The fourth-order valence-electron chi connectivity index (χ4n) is 2.92. The third-order valence-electron chi connectivity index (χ3n) is 4.33. The van der Waals surface area contributed by atoms with Crippen molar-refractivity contribution in [2.24, 2.45) is 0 Å². The Morgan fingerprint density at radius 3 is 2.31 bits per heavy atom. The fourth-order valence-corrected chi connectivity index (χ4v) is 4.29. The van der Waals surface area contributed by atoms with Gasteiger partial charge in [-0.2, -0.15) is 0 Å². The predicted molar refractivity (Wildman–Crippen MR) is 114 cm³/mol. The summed E-state index contributed by atoms with van der Waals surface area (Å²) in [5.41, 5.74) is 1.08. The zero-order valence-electron chi connectivity index (χ0n) is 16.8. The van der Waals surface area contributed by atoms with Gasteiger partial charge in [0.25, 0.3) is 0 Å². The topological polar surface area (TPSA) is 84.9 Å². The molecule has 0 unspecified atom stereocenters. The van der Waals surface area contributed by atoms with Crippen LogP contribution in [0.2, 0.25) is 5.02 Å². The van der Waals surface area contributed by atoms with Crippen LogP contribution in [-0.4, -0.2) is 40.8 Å². The molecule has 0 saturated carbocycles. The van der Waals surface area contributed by atoms with Gasteiger partial charge in [-0.3, -0.25) is 9.10 Å². The summed E-state index contributed by atoms with van der Waals surface area (Å²) < 4.78 is 36.7. The van der Waals surface area contributed by atoms with E-state index in [4.69, 9.17) is 21.1 Å². The van der Waals surface area contributed by atoms with Crippen LogP contribution < -0.4 is 19.1 Å². The smallest absolute Gasteiger partial charge is 0.244 e. The van der Waals surface area contributed by atoms with Crippen LogP contribution in [0.5, 0.6) is 11.5 Å². The Morgan fingerprint density at radius 2 is 1.79 bits per heavy atom. The first-order valence-electron chi connectivity index (χ1n) is 8.94. The molecule has 1 amide bonds. The lowest BCUT2D eigenvalue weighted by molar-refractivity contribution is -0.122. The summed E-state index contributed by atoms with van der Waals surface area (Å²) in [6.45, 7) is 2.00. The third kappa shape index (κ3) is 5.77. The molecule has 0 saturated heterocycles. The van der Waals surface area contributed by atoms with Crippen LogP contribution in [0.3, 0.4) is 0 Å². The first kappa shape index (κ1) is 22.8. The van der Waals surface area contributed by atoms with E-state index in [-0.39, 0.29) is 18.7 Å². The lowest BCUT2D eigenvalue weighted by atomic mass is 10.1. The summed E-state index contributed by atoms with van der Waals surface area (Å²) in [6.07, 6.45) is 1.31. The van der Waals surface area contributed by atoms with E-state index in [2.05, 4.69) is 5.32 Å². The van der Waals surface area contributed by atoms with Crippen molar-refractivity contribution in [3.63, 3.8) is 0 Å². The summed E-state index contributed by atoms with van der Waals surface area (Å²) in [7, 11) is -0.794. The zero-order chi connectivity index (χ0) is 21.6. The molecule has 7 nitrogen and oxygen atoms in total. The van der Waals surface area contributed by atoms with Gasteiger partial charge in [0.2, 0.25) is 15.9 Å². The van der Waals surface area contributed by atoms with Crippen molar-refractivity contribution in [2.75, 3.05) is 24.8 Å². The minimum atomic E-state index is -3.80. The molecule has 0 aliphatic carbocycles. The second kappa shape index (κ2) is 9.84. The number of methoxy groups -OCH3 is 2. The molecular weight excluding hydrogens is 416 g/mol. The molecular formula is C20H25ClN2O5S. The highest BCUT2D eigenvalue weighted by Gasteiger charge is 2.33. The predicted octanol–water partition coefficient (Wildman–Crippen LogP) is 3.22. The van der Waals surface area contributed by atoms with Crippen molar-refractivity contribution >= 4 is 33.2 Å². The lowest BCUT2D eigenvalue weighted by Crippen LogP contribution is -2.49. The van der Waals surface area contributed by atoms with Gasteiger partial charge in [-0.15, -0.1) is 0 Å². The molecule has 0 radical (unpaired) electrons. The van der Waals surface area contributed by atoms with Crippen molar-refractivity contribution in [3.05, 3.63) is 53.1 Å². The first-order valence-corrected chi connectivity index (χ1v) is 11.2. The van der Waals surface area contributed by atoms with E-state index in [0.29, 0.717) is 16.5 Å². The molecule has 158 valence electrons. The number of carbonyl (C=O) groups is 1. The molecule has 0 spiro atoms. The molecule has 2 aromatic carbocycles. The minimum absolute atomic E-state index is 0.217. The Labute approximate surface area is 176 Å². The number of halogens is 1. The summed E-state index contributed by atoms with van der Waals surface area (Å²) in [6, 6.07) is 10.9. The lowest BCUT2D eigenvalue weighted by Gasteiger charge is -2.31. The minimum Gasteiger partial charge on any atom is -0.497 e. The van der Waals surface area contributed by atoms with Crippen molar-refractivity contribution in [1.29, 1.82) is 0 Å².